The van der Waals surface area contributed by atoms with Crippen LogP contribution in [0.4, 0.5) is 5.69 Å². The monoisotopic (exact) mass is 300 g/mol. The highest BCUT2D eigenvalue weighted by Gasteiger charge is 2.22. The molecule has 1 aliphatic carbocycles. The molecule has 0 spiro atoms. The van der Waals surface area contributed by atoms with Gasteiger partial charge in [0.2, 0.25) is 0 Å². The fourth-order valence-electron chi connectivity index (χ4n) is 3.06. The molecule has 1 aliphatic rings. The van der Waals surface area contributed by atoms with Gasteiger partial charge in [-0.1, -0.05) is 35.9 Å². The fraction of sp³-hybridized carbons (Fsp3) is 0.333. The summed E-state index contributed by atoms with van der Waals surface area (Å²) < 4.78 is 0. The van der Waals surface area contributed by atoms with Crippen molar-refractivity contribution < 1.29 is 0 Å². The highest BCUT2D eigenvalue weighted by atomic mass is 35.5. The zero-order valence-corrected chi connectivity index (χ0v) is 13.3. The van der Waals surface area contributed by atoms with Gasteiger partial charge in [-0.2, -0.15) is 0 Å². The highest BCUT2D eigenvalue weighted by molar-refractivity contribution is 6.30. The lowest BCUT2D eigenvalue weighted by Crippen LogP contribution is -2.14. The van der Waals surface area contributed by atoms with Gasteiger partial charge < -0.3 is 10.2 Å². The molecule has 0 amide bonds. The number of para-hydroxylation sites is 1. The van der Waals surface area contributed by atoms with Crippen LogP contribution in [0.5, 0.6) is 0 Å². The van der Waals surface area contributed by atoms with Crippen LogP contribution in [0, 0.1) is 0 Å². The molecule has 110 valence electrons. The molecule has 1 N–H and O–H groups in total. The Morgan fingerprint density at radius 2 is 2.00 bits per heavy atom. The maximum absolute atomic E-state index is 6.09. The molecule has 2 nitrogen and oxygen atoms in total. The van der Waals surface area contributed by atoms with Gasteiger partial charge in [0, 0.05) is 17.3 Å². The van der Waals surface area contributed by atoms with Crippen LogP contribution in [0.15, 0.2) is 42.5 Å². The van der Waals surface area contributed by atoms with E-state index in [1.165, 1.54) is 22.4 Å². The molecule has 2 aromatic rings. The second-order valence-electron chi connectivity index (χ2n) is 5.97. The minimum Gasteiger partial charge on any atom is -0.378 e. The largest absolute Gasteiger partial charge is 0.378 e. The zero-order chi connectivity index (χ0) is 14.8. The van der Waals surface area contributed by atoms with Crippen molar-refractivity contribution in [1.29, 1.82) is 0 Å². The summed E-state index contributed by atoms with van der Waals surface area (Å²) >= 11 is 6.09. The molecule has 0 saturated carbocycles. The van der Waals surface area contributed by atoms with Crippen molar-refractivity contribution >= 4 is 17.3 Å². The van der Waals surface area contributed by atoms with Gasteiger partial charge in [0.25, 0.3) is 0 Å². The number of aryl methyl sites for hydroxylation is 1. The second-order valence-corrected chi connectivity index (χ2v) is 6.41. The number of halogens is 1. The first kappa shape index (κ1) is 14.4. The predicted octanol–water partition coefficient (Wildman–Crippen LogP) is 4.50. The van der Waals surface area contributed by atoms with Crippen LogP contribution in [-0.2, 0) is 13.0 Å². The molecule has 3 rings (SSSR count). The Balaban J connectivity index is 1.83. The second kappa shape index (κ2) is 6.08. The molecule has 0 bridgehead atoms. The van der Waals surface area contributed by atoms with E-state index in [1.54, 1.807) is 0 Å². The number of nitrogens with zero attached hydrogens (tertiary/aromatic N) is 1. The van der Waals surface area contributed by atoms with E-state index < -0.39 is 0 Å². The molecule has 1 atom stereocenters. The van der Waals surface area contributed by atoms with Gasteiger partial charge in [0.1, 0.15) is 0 Å². The molecule has 0 aromatic heterocycles. The van der Waals surface area contributed by atoms with Crippen molar-refractivity contribution in [2.75, 3.05) is 19.4 Å². The minimum atomic E-state index is 0.389. The Morgan fingerprint density at radius 3 is 2.81 bits per heavy atom. The van der Waals surface area contributed by atoms with Gasteiger partial charge in [0.05, 0.1) is 6.04 Å². The van der Waals surface area contributed by atoms with E-state index in [0.29, 0.717) is 6.04 Å². The first-order chi connectivity index (χ1) is 10.1. The van der Waals surface area contributed by atoms with E-state index in [1.807, 2.05) is 6.07 Å². The molecule has 0 aliphatic heterocycles. The van der Waals surface area contributed by atoms with Crippen molar-refractivity contribution in [3.8, 4) is 0 Å². The number of anilines is 1. The Labute approximate surface area is 131 Å². The summed E-state index contributed by atoms with van der Waals surface area (Å²) in [7, 11) is 4.20. The lowest BCUT2D eigenvalue weighted by molar-refractivity contribution is 0.403. The van der Waals surface area contributed by atoms with E-state index >= 15 is 0 Å². The van der Waals surface area contributed by atoms with Crippen molar-refractivity contribution in [1.82, 2.24) is 4.90 Å². The number of fused-ring (bicyclic) bond motifs is 1. The van der Waals surface area contributed by atoms with E-state index in [4.69, 9.17) is 11.6 Å². The lowest BCUT2D eigenvalue weighted by atomic mass is 10.1. The number of hydrogen-bond donors (Lipinski definition) is 1. The first-order valence-electron chi connectivity index (χ1n) is 7.41. The van der Waals surface area contributed by atoms with Crippen molar-refractivity contribution in [2.45, 2.75) is 25.4 Å². The number of nitrogens with one attached hydrogen (secondary N) is 1. The molecule has 0 heterocycles. The van der Waals surface area contributed by atoms with Crippen molar-refractivity contribution in [2.24, 2.45) is 0 Å². The number of benzene rings is 2. The van der Waals surface area contributed by atoms with E-state index in [9.17, 15) is 0 Å². The molecule has 0 radical (unpaired) electrons. The average molecular weight is 301 g/mol. The maximum Gasteiger partial charge on any atom is 0.0519 e. The van der Waals surface area contributed by atoms with Crippen LogP contribution in [0.1, 0.15) is 29.2 Å². The van der Waals surface area contributed by atoms with Crippen LogP contribution < -0.4 is 5.32 Å². The molecule has 3 heteroatoms. The van der Waals surface area contributed by atoms with Crippen LogP contribution in [0.3, 0.4) is 0 Å². The van der Waals surface area contributed by atoms with Gasteiger partial charge in [-0.15, -0.1) is 0 Å². The number of hydrogen-bond acceptors (Lipinski definition) is 2. The first-order valence-corrected chi connectivity index (χ1v) is 7.79. The smallest absolute Gasteiger partial charge is 0.0519 e. The van der Waals surface area contributed by atoms with Crippen LogP contribution in [0.25, 0.3) is 0 Å². The summed E-state index contributed by atoms with van der Waals surface area (Å²) in [6.07, 6.45) is 2.23. The van der Waals surface area contributed by atoms with Gasteiger partial charge in [-0.05, 0) is 61.8 Å². The normalized spacial score (nSPS) is 17.0. The Morgan fingerprint density at radius 1 is 1.19 bits per heavy atom. The molecule has 1 unspecified atom stereocenters. The van der Waals surface area contributed by atoms with Crippen LogP contribution >= 0.6 is 11.6 Å². The molecular weight excluding hydrogens is 280 g/mol. The topological polar surface area (TPSA) is 15.3 Å². The molecule has 21 heavy (non-hydrogen) atoms. The molecular formula is C18H21ClN2. The summed E-state index contributed by atoms with van der Waals surface area (Å²) in [5, 5.41) is 4.56. The average Bonchev–Trinajstić information content (AvgIpc) is 2.83. The third-order valence-corrected chi connectivity index (χ3v) is 4.25. The fourth-order valence-corrected chi connectivity index (χ4v) is 3.26. The third kappa shape index (κ3) is 3.22. The van der Waals surface area contributed by atoms with Crippen molar-refractivity contribution in [3.63, 3.8) is 0 Å². The summed E-state index contributed by atoms with van der Waals surface area (Å²) in [4.78, 5) is 2.20. The quantitative estimate of drug-likeness (QED) is 0.894. The summed E-state index contributed by atoms with van der Waals surface area (Å²) in [6, 6.07) is 15.2. The molecule has 2 aromatic carbocycles. The van der Waals surface area contributed by atoms with Crippen LogP contribution in [0.2, 0.25) is 5.02 Å². The van der Waals surface area contributed by atoms with Gasteiger partial charge in [-0.3, -0.25) is 0 Å². The van der Waals surface area contributed by atoms with E-state index in [2.05, 4.69) is 60.7 Å². The molecule has 0 saturated heterocycles. The minimum absolute atomic E-state index is 0.389. The SMILES string of the molecule is CN(C)Cc1ccccc1NC1CCc2cc(Cl)ccc21. The Hall–Kier alpha value is -1.51. The predicted molar refractivity (Wildman–Crippen MR) is 90.0 cm³/mol. The zero-order valence-electron chi connectivity index (χ0n) is 12.6. The summed E-state index contributed by atoms with van der Waals surface area (Å²) in [5.41, 5.74) is 5.34. The van der Waals surface area contributed by atoms with Crippen molar-refractivity contribution in [3.05, 3.63) is 64.2 Å². The molecule has 0 fully saturated rings. The Bertz CT molecular complexity index is 637. The van der Waals surface area contributed by atoms with E-state index in [-0.39, 0.29) is 0 Å². The van der Waals surface area contributed by atoms with Crippen LogP contribution in [-0.4, -0.2) is 19.0 Å². The third-order valence-electron chi connectivity index (χ3n) is 4.02. The summed E-state index contributed by atoms with van der Waals surface area (Å²) in [6.45, 7) is 0.948. The lowest BCUT2D eigenvalue weighted by Gasteiger charge is -2.20. The summed E-state index contributed by atoms with van der Waals surface area (Å²) in [5.74, 6) is 0. The number of rotatable bonds is 4. The van der Waals surface area contributed by atoms with E-state index in [0.717, 1.165) is 24.4 Å². The highest BCUT2D eigenvalue weighted by Crippen LogP contribution is 2.36. The Kier molecular flexibility index (Phi) is 4.18. The van der Waals surface area contributed by atoms with Gasteiger partial charge >= 0.3 is 0 Å². The van der Waals surface area contributed by atoms with Gasteiger partial charge in [-0.25, -0.2) is 0 Å². The maximum atomic E-state index is 6.09. The van der Waals surface area contributed by atoms with Gasteiger partial charge in [0.15, 0.2) is 0 Å². The standard InChI is InChI=1S/C18H21ClN2/c1-21(2)12-14-5-3-4-6-17(14)20-18-10-7-13-11-15(19)8-9-16(13)18/h3-6,8-9,11,18,20H,7,10,12H2,1-2H3.